The summed E-state index contributed by atoms with van der Waals surface area (Å²) in [6, 6.07) is 0. The Morgan fingerprint density at radius 1 is 1.28 bits per heavy atom. The minimum Gasteiger partial charge on any atom is -0.366 e. The van der Waals surface area contributed by atoms with E-state index in [1.165, 1.54) is 32.1 Å². The summed E-state index contributed by atoms with van der Waals surface area (Å²) in [5, 5.41) is 6.39. The van der Waals surface area contributed by atoms with E-state index in [0.717, 1.165) is 6.54 Å². The molecule has 4 nitrogen and oxygen atoms in total. The number of rotatable bonds is 3. The standard InChI is InChI=1S/C14H26N2O2/c1-14(2,11-6-4-3-5-7-11)16-13(17)12-10-15-8-9-18-12/h11-12,15H,3-10H2,1-2H3,(H,16,17). The number of nitrogens with one attached hydrogen (secondary N) is 2. The minimum atomic E-state index is -0.318. The molecule has 0 aromatic rings. The predicted octanol–water partition coefficient (Wildman–Crippen LogP) is 1.45. The molecule has 1 amide bonds. The van der Waals surface area contributed by atoms with Crippen LogP contribution in [0.1, 0.15) is 46.0 Å². The van der Waals surface area contributed by atoms with Crippen LogP contribution in [0.2, 0.25) is 0 Å². The molecule has 0 spiro atoms. The van der Waals surface area contributed by atoms with Gasteiger partial charge < -0.3 is 15.4 Å². The molecule has 0 radical (unpaired) electrons. The summed E-state index contributed by atoms with van der Waals surface area (Å²) in [5.74, 6) is 0.643. The quantitative estimate of drug-likeness (QED) is 0.801. The van der Waals surface area contributed by atoms with Crippen molar-refractivity contribution < 1.29 is 9.53 Å². The molecule has 1 heterocycles. The van der Waals surface area contributed by atoms with Crippen molar-refractivity contribution in [3.8, 4) is 0 Å². The van der Waals surface area contributed by atoms with E-state index < -0.39 is 0 Å². The van der Waals surface area contributed by atoms with Crippen LogP contribution < -0.4 is 10.6 Å². The summed E-state index contributed by atoms with van der Waals surface area (Å²) >= 11 is 0. The smallest absolute Gasteiger partial charge is 0.250 e. The van der Waals surface area contributed by atoms with Crippen LogP contribution in [0.3, 0.4) is 0 Å². The van der Waals surface area contributed by atoms with Gasteiger partial charge in [-0.1, -0.05) is 19.3 Å². The first-order valence-electron chi connectivity index (χ1n) is 7.24. The summed E-state index contributed by atoms with van der Waals surface area (Å²) in [6.45, 7) is 6.40. The molecule has 1 aliphatic carbocycles. The average molecular weight is 254 g/mol. The number of carbonyl (C=O) groups excluding carboxylic acids is 1. The molecular weight excluding hydrogens is 228 g/mol. The predicted molar refractivity (Wildman–Crippen MR) is 71.4 cm³/mol. The van der Waals surface area contributed by atoms with Crippen LogP contribution in [0.5, 0.6) is 0 Å². The summed E-state index contributed by atoms with van der Waals surface area (Å²) in [4.78, 5) is 12.2. The lowest BCUT2D eigenvalue weighted by molar-refractivity contribution is -0.136. The molecule has 0 bridgehead atoms. The topological polar surface area (TPSA) is 50.4 Å². The van der Waals surface area contributed by atoms with Gasteiger partial charge in [-0.25, -0.2) is 0 Å². The Bertz CT molecular complexity index is 280. The Balaban J connectivity index is 1.87. The molecule has 18 heavy (non-hydrogen) atoms. The molecule has 104 valence electrons. The molecule has 2 fully saturated rings. The molecule has 1 atom stereocenters. The van der Waals surface area contributed by atoms with Crippen molar-refractivity contribution in [1.29, 1.82) is 0 Å². The number of hydrogen-bond acceptors (Lipinski definition) is 3. The lowest BCUT2D eigenvalue weighted by Crippen LogP contribution is -2.56. The van der Waals surface area contributed by atoms with E-state index in [-0.39, 0.29) is 17.6 Å². The Kier molecular flexibility index (Phi) is 4.62. The van der Waals surface area contributed by atoms with Crippen LogP contribution in [0.4, 0.5) is 0 Å². The van der Waals surface area contributed by atoms with Crippen LogP contribution in [-0.4, -0.2) is 37.2 Å². The van der Waals surface area contributed by atoms with Gasteiger partial charge in [0.2, 0.25) is 0 Å². The van der Waals surface area contributed by atoms with Crippen LogP contribution in [-0.2, 0) is 9.53 Å². The van der Waals surface area contributed by atoms with E-state index in [0.29, 0.717) is 19.1 Å². The van der Waals surface area contributed by atoms with Gasteiger partial charge in [-0.3, -0.25) is 4.79 Å². The first-order valence-corrected chi connectivity index (χ1v) is 7.24. The summed E-state index contributed by atoms with van der Waals surface area (Å²) in [5.41, 5.74) is -0.113. The van der Waals surface area contributed by atoms with E-state index in [2.05, 4.69) is 24.5 Å². The number of morpholine rings is 1. The summed E-state index contributed by atoms with van der Waals surface area (Å²) in [6.07, 6.45) is 6.09. The molecule has 1 saturated carbocycles. The molecular formula is C14H26N2O2. The number of amides is 1. The Morgan fingerprint density at radius 3 is 2.61 bits per heavy atom. The summed E-state index contributed by atoms with van der Waals surface area (Å²) in [7, 11) is 0. The highest BCUT2D eigenvalue weighted by atomic mass is 16.5. The van der Waals surface area contributed by atoms with Crippen molar-refractivity contribution in [1.82, 2.24) is 10.6 Å². The third kappa shape index (κ3) is 3.45. The van der Waals surface area contributed by atoms with E-state index in [1.807, 2.05) is 0 Å². The fourth-order valence-electron chi connectivity index (χ4n) is 3.06. The third-order valence-corrected chi connectivity index (χ3v) is 4.29. The lowest BCUT2D eigenvalue weighted by atomic mass is 9.76. The van der Waals surface area contributed by atoms with E-state index in [1.54, 1.807) is 0 Å². The number of hydrogen-bond donors (Lipinski definition) is 2. The second-order valence-corrected chi connectivity index (χ2v) is 6.11. The van der Waals surface area contributed by atoms with Gasteiger partial charge in [-0.05, 0) is 32.6 Å². The average Bonchev–Trinajstić information content (AvgIpc) is 2.40. The third-order valence-electron chi connectivity index (χ3n) is 4.29. The molecule has 2 rings (SSSR count). The maximum Gasteiger partial charge on any atom is 0.250 e. The molecule has 1 aliphatic heterocycles. The molecule has 4 heteroatoms. The number of carbonyl (C=O) groups is 1. The van der Waals surface area contributed by atoms with E-state index in [9.17, 15) is 4.79 Å². The van der Waals surface area contributed by atoms with Crippen molar-refractivity contribution in [2.75, 3.05) is 19.7 Å². The normalized spacial score (nSPS) is 26.9. The van der Waals surface area contributed by atoms with Gasteiger partial charge in [0.05, 0.1) is 6.61 Å². The maximum absolute atomic E-state index is 12.2. The molecule has 2 aliphatic rings. The van der Waals surface area contributed by atoms with E-state index in [4.69, 9.17) is 4.74 Å². The first kappa shape index (κ1) is 13.8. The maximum atomic E-state index is 12.2. The zero-order valence-corrected chi connectivity index (χ0v) is 11.6. The molecule has 0 aromatic heterocycles. The zero-order chi connectivity index (χ0) is 13.0. The Labute approximate surface area is 110 Å². The lowest BCUT2D eigenvalue weighted by Gasteiger charge is -2.39. The van der Waals surface area contributed by atoms with Crippen LogP contribution in [0.25, 0.3) is 0 Å². The summed E-state index contributed by atoms with van der Waals surface area (Å²) < 4.78 is 5.50. The molecule has 0 aromatic carbocycles. The van der Waals surface area contributed by atoms with Gasteiger partial charge in [0, 0.05) is 18.6 Å². The molecule has 2 N–H and O–H groups in total. The second kappa shape index (κ2) is 6.02. The van der Waals surface area contributed by atoms with Gasteiger partial charge in [-0.2, -0.15) is 0 Å². The SMILES string of the molecule is CC(C)(NC(=O)C1CNCCO1)C1CCCCC1. The van der Waals surface area contributed by atoms with Gasteiger partial charge in [-0.15, -0.1) is 0 Å². The molecule has 1 saturated heterocycles. The monoisotopic (exact) mass is 254 g/mol. The van der Waals surface area contributed by atoms with Gasteiger partial charge in [0.25, 0.3) is 5.91 Å². The van der Waals surface area contributed by atoms with Crippen molar-refractivity contribution in [3.63, 3.8) is 0 Å². The van der Waals surface area contributed by atoms with Crippen molar-refractivity contribution in [3.05, 3.63) is 0 Å². The van der Waals surface area contributed by atoms with Crippen LogP contribution in [0.15, 0.2) is 0 Å². The fourth-order valence-corrected chi connectivity index (χ4v) is 3.06. The first-order chi connectivity index (χ1) is 8.59. The Morgan fingerprint density at radius 2 is 2.00 bits per heavy atom. The highest BCUT2D eigenvalue weighted by Gasteiger charge is 2.34. The van der Waals surface area contributed by atoms with Crippen molar-refractivity contribution in [2.45, 2.75) is 57.6 Å². The van der Waals surface area contributed by atoms with Crippen LogP contribution in [0, 0.1) is 5.92 Å². The highest BCUT2D eigenvalue weighted by molar-refractivity contribution is 5.81. The van der Waals surface area contributed by atoms with Gasteiger partial charge >= 0.3 is 0 Å². The van der Waals surface area contributed by atoms with Gasteiger partial charge in [0.1, 0.15) is 6.10 Å². The van der Waals surface area contributed by atoms with Crippen molar-refractivity contribution in [2.24, 2.45) is 5.92 Å². The second-order valence-electron chi connectivity index (χ2n) is 6.11. The Hall–Kier alpha value is -0.610. The zero-order valence-electron chi connectivity index (χ0n) is 11.6. The minimum absolute atomic E-state index is 0.0396. The van der Waals surface area contributed by atoms with Crippen LogP contribution >= 0.6 is 0 Å². The van der Waals surface area contributed by atoms with E-state index >= 15 is 0 Å². The number of ether oxygens (including phenoxy) is 1. The van der Waals surface area contributed by atoms with Crippen molar-refractivity contribution >= 4 is 5.91 Å². The largest absolute Gasteiger partial charge is 0.366 e. The molecule has 1 unspecified atom stereocenters. The highest BCUT2D eigenvalue weighted by Crippen LogP contribution is 2.32. The fraction of sp³-hybridized carbons (Fsp3) is 0.929. The van der Waals surface area contributed by atoms with Gasteiger partial charge in [0.15, 0.2) is 0 Å².